The van der Waals surface area contributed by atoms with Crippen molar-refractivity contribution in [3.05, 3.63) is 63.9 Å². The third-order valence-electron chi connectivity index (χ3n) is 2.70. The normalized spacial score (nSPS) is 10.3. The first-order valence-corrected chi connectivity index (χ1v) is 6.98. The van der Waals surface area contributed by atoms with Crippen molar-refractivity contribution in [2.45, 2.75) is 20.0 Å². The summed E-state index contributed by atoms with van der Waals surface area (Å²) in [6.07, 6.45) is 0.428. The molecule has 0 bridgehead atoms. The lowest BCUT2D eigenvalue weighted by Crippen LogP contribution is -1.98. The predicted molar refractivity (Wildman–Crippen MR) is 79.3 cm³/mol. The molecule has 0 spiro atoms. The van der Waals surface area contributed by atoms with E-state index in [2.05, 4.69) is 15.9 Å². The van der Waals surface area contributed by atoms with Gasteiger partial charge in [0.1, 0.15) is 24.0 Å². The van der Waals surface area contributed by atoms with Crippen LogP contribution >= 0.6 is 15.9 Å². The average molecular weight is 337 g/mol. The van der Waals surface area contributed by atoms with Crippen molar-refractivity contribution < 1.29 is 13.9 Å². The highest BCUT2D eigenvalue weighted by molar-refractivity contribution is 9.10. The number of Topliss-reactive ketones (excluding diaryl/α,β-unsaturated/α-hetero) is 1. The van der Waals surface area contributed by atoms with Crippen molar-refractivity contribution in [1.82, 2.24) is 0 Å². The number of carbonyl (C=O) groups is 1. The molecule has 0 saturated carbocycles. The van der Waals surface area contributed by atoms with Crippen LogP contribution < -0.4 is 4.74 Å². The minimum Gasteiger partial charge on any atom is -0.489 e. The van der Waals surface area contributed by atoms with Gasteiger partial charge in [-0.25, -0.2) is 4.39 Å². The van der Waals surface area contributed by atoms with Crippen LogP contribution in [0.2, 0.25) is 0 Å². The lowest BCUT2D eigenvalue weighted by Gasteiger charge is -2.07. The van der Waals surface area contributed by atoms with Gasteiger partial charge in [-0.1, -0.05) is 28.1 Å². The molecule has 0 aliphatic carbocycles. The first kappa shape index (κ1) is 14.7. The second-order valence-electron chi connectivity index (χ2n) is 4.59. The third-order valence-corrected chi connectivity index (χ3v) is 3.16. The fraction of sp³-hybridized carbons (Fsp3) is 0.188. The number of ether oxygens (including phenoxy) is 1. The van der Waals surface area contributed by atoms with Gasteiger partial charge < -0.3 is 4.74 Å². The van der Waals surface area contributed by atoms with Crippen molar-refractivity contribution in [3.8, 4) is 5.75 Å². The maximum Gasteiger partial charge on any atom is 0.134 e. The molecule has 20 heavy (non-hydrogen) atoms. The molecule has 0 amide bonds. The van der Waals surface area contributed by atoms with E-state index in [9.17, 15) is 9.18 Å². The maximum atomic E-state index is 13.2. The Morgan fingerprint density at radius 2 is 1.85 bits per heavy atom. The summed E-state index contributed by atoms with van der Waals surface area (Å²) >= 11 is 3.24. The molecule has 2 aromatic carbocycles. The molecule has 0 unspecified atom stereocenters. The van der Waals surface area contributed by atoms with Crippen molar-refractivity contribution in [2.75, 3.05) is 0 Å². The SMILES string of the molecule is CC(=O)Cc1ccc(OCc2cc(F)cc(Br)c2)cc1. The third kappa shape index (κ3) is 4.46. The Kier molecular flexibility index (Phi) is 4.90. The van der Waals surface area contributed by atoms with Crippen LogP contribution in [0, 0.1) is 5.82 Å². The Balaban J connectivity index is 1.98. The first-order valence-electron chi connectivity index (χ1n) is 6.19. The van der Waals surface area contributed by atoms with Crippen LogP contribution in [0.25, 0.3) is 0 Å². The number of halogens is 2. The van der Waals surface area contributed by atoms with E-state index in [1.165, 1.54) is 12.1 Å². The molecule has 0 saturated heterocycles. The molecule has 0 atom stereocenters. The molecule has 0 radical (unpaired) electrons. The smallest absolute Gasteiger partial charge is 0.134 e. The molecule has 2 rings (SSSR count). The highest BCUT2D eigenvalue weighted by Crippen LogP contribution is 2.18. The van der Waals surface area contributed by atoms with Gasteiger partial charge in [-0.15, -0.1) is 0 Å². The van der Waals surface area contributed by atoms with Gasteiger partial charge in [0, 0.05) is 10.9 Å². The molecule has 4 heteroatoms. The van der Waals surface area contributed by atoms with E-state index < -0.39 is 0 Å². The fourth-order valence-electron chi connectivity index (χ4n) is 1.85. The second-order valence-corrected chi connectivity index (χ2v) is 5.50. The summed E-state index contributed by atoms with van der Waals surface area (Å²) in [4.78, 5) is 11.0. The number of rotatable bonds is 5. The monoisotopic (exact) mass is 336 g/mol. The zero-order valence-electron chi connectivity index (χ0n) is 11.0. The molecule has 0 heterocycles. The summed E-state index contributed by atoms with van der Waals surface area (Å²) in [5.74, 6) is 0.524. The molecule has 0 aliphatic rings. The van der Waals surface area contributed by atoms with Gasteiger partial charge in [0.25, 0.3) is 0 Å². The van der Waals surface area contributed by atoms with Crippen molar-refractivity contribution in [1.29, 1.82) is 0 Å². The van der Waals surface area contributed by atoms with Gasteiger partial charge in [0.2, 0.25) is 0 Å². The molecular weight excluding hydrogens is 323 g/mol. The van der Waals surface area contributed by atoms with Crippen LogP contribution in [0.3, 0.4) is 0 Å². The van der Waals surface area contributed by atoms with Crippen LogP contribution in [0.4, 0.5) is 4.39 Å². The largest absolute Gasteiger partial charge is 0.489 e. The Hall–Kier alpha value is -1.68. The number of benzene rings is 2. The Labute approximate surface area is 125 Å². The Bertz CT molecular complexity index is 588. The summed E-state index contributed by atoms with van der Waals surface area (Å²) in [5.41, 5.74) is 1.71. The van der Waals surface area contributed by atoms with Crippen LogP contribution in [-0.2, 0) is 17.8 Å². The number of hydrogen-bond acceptors (Lipinski definition) is 2. The van der Waals surface area contributed by atoms with E-state index in [4.69, 9.17) is 4.74 Å². The second kappa shape index (κ2) is 6.66. The lowest BCUT2D eigenvalue weighted by molar-refractivity contribution is -0.116. The molecule has 0 fully saturated rings. The van der Waals surface area contributed by atoms with Crippen LogP contribution in [0.5, 0.6) is 5.75 Å². The van der Waals surface area contributed by atoms with E-state index in [1.54, 1.807) is 6.92 Å². The van der Waals surface area contributed by atoms with Gasteiger partial charge in [-0.05, 0) is 48.4 Å². The highest BCUT2D eigenvalue weighted by Gasteiger charge is 2.02. The summed E-state index contributed by atoms with van der Waals surface area (Å²) in [6, 6.07) is 12.0. The van der Waals surface area contributed by atoms with Crippen LogP contribution in [-0.4, -0.2) is 5.78 Å². The van der Waals surface area contributed by atoms with Crippen LogP contribution in [0.15, 0.2) is 46.9 Å². The van der Waals surface area contributed by atoms with Gasteiger partial charge in [0.05, 0.1) is 0 Å². The Morgan fingerprint density at radius 3 is 2.45 bits per heavy atom. The lowest BCUT2D eigenvalue weighted by atomic mass is 10.1. The number of hydrogen-bond donors (Lipinski definition) is 0. The molecule has 104 valence electrons. The Morgan fingerprint density at radius 1 is 1.15 bits per heavy atom. The fourth-order valence-corrected chi connectivity index (χ4v) is 2.36. The van der Waals surface area contributed by atoms with E-state index in [0.717, 1.165) is 11.1 Å². The topological polar surface area (TPSA) is 26.3 Å². The number of ketones is 1. The van der Waals surface area contributed by atoms with E-state index in [1.807, 2.05) is 30.3 Å². The summed E-state index contributed by atoms with van der Waals surface area (Å²) in [7, 11) is 0. The van der Waals surface area contributed by atoms with Gasteiger partial charge >= 0.3 is 0 Å². The van der Waals surface area contributed by atoms with E-state index >= 15 is 0 Å². The van der Waals surface area contributed by atoms with Gasteiger partial charge in [-0.3, -0.25) is 4.79 Å². The zero-order chi connectivity index (χ0) is 14.5. The minimum atomic E-state index is -0.296. The molecule has 2 nitrogen and oxygen atoms in total. The van der Waals surface area contributed by atoms with Gasteiger partial charge in [0.15, 0.2) is 0 Å². The summed E-state index contributed by atoms with van der Waals surface area (Å²) < 4.78 is 19.5. The van der Waals surface area contributed by atoms with Crippen LogP contribution in [0.1, 0.15) is 18.1 Å². The molecular formula is C16H14BrFO2. The highest BCUT2D eigenvalue weighted by atomic mass is 79.9. The minimum absolute atomic E-state index is 0.128. The van der Waals surface area contributed by atoms with E-state index in [0.29, 0.717) is 23.2 Å². The maximum absolute atomic E-state index is 13.2. The molecule has 0 N–H and O–H groups in total. The molecule has 0 aliphatic heterocycles. The molecule has 0 aromatic heterocycles. The first-order chi connectivity index (χ1) is 9.52. The van der Waals surface area contributed by atoms with Crippen molar-refractivity contribution in [3.63, 3.8) is 0 Å². The predicted octanol–water partition coefficient (Wildman–Crippen LogP) is 4.30. The average Bonchev–Trinajstić information content (AvgIpc) is 2.36. The standard InChI is InChI=1S/C16H14BrFO2/c1-11(19)6-12-2-4-16(5-3-12)20-10-13-7-14(17)9-15(18)8-13/h2-5,7-9H,6,10H2,1H3. The van der Waals surface area contributed by atoms with Crippen molar-refractivity contribution in [2.24, 2.45) is 0 Å². The zero-order valence-corrected chi connectivity index (χ0v) is 12.6. The van der Waals surface area contributed by atoms with Gasteiger partial charge in [-0.2, -0.15) is 0 Å². The van der Waals surface area contributed by atoms with E-state index in [-0.39, 0.29) is 11.6 Å². The number of carbonyl (C=O) groups excluding carboxylic acids is 1. The summed E-state index contributed by atoms with van der Waals surface area (Å²) in [6.45, 7) is 1.86. The quantitative estimate of drug-likeness (QED) is 0.813. The summed E-state index contributed by atoms with van der Waals surface area (Å²) in [5, 5.41) is 0. The molecule has 2 aromatic rings. The van der Waals surface area contributed by atoms with Crippen molar-refractivity contribution >= 4 is 21.7 Å².